The molecule has 0 bridgehead atoms. The fourth-order valence-electron chi connectivity index (χ4n) is 9.10. The van der Waals surface area contributed by atoms with Gasteiger partial charge in [0.2, 0.25) is 5.95 Å². The maximum atomic E-state index is 14.2. The van der Waals surface area contributed by atoms with E-state index in [1.807, 2.05) is 72.8 Å². The zero-order chi connectivity index (χ0) is 40.9. The number of fused-ring (bicyclic) bond motifs is 10. The van der Waals surface area contributed by atoms with Crippen LogP contribution in [0.15, 0.2) is 193 Å². The molecule has 62 heavy (non-hydrogen) atoms. The van der Waals surface area contributed by atoms with Gasteiger partial charge in [-0.05, 0) is 90.0 Å². The first-order chi connectivity index (χ1) is 30.6. The molecule has 0 aliphatic heterocycles. The molecule has 13 rings (SSSR count). The van der Waals surface area contributed by atoms with E-state index in [9.17, 15) is 4.79 Å². The number of hydrogen-bond acceptors (Lipinski definition) is 6. The number of rotatable bonds is 5. The van der Waals surface area contributed by atoms with Crippen LogP contribution in [0.3, 0.4) is 0 Å². The topological polar surface area (TPSA) is 82.9 Å². The van der Waals surface area contributed by atoms with Crippen LogP contribution in [0.4, 0.5) is 0 Å². The van der Waals surface area contributed by atoms with Crippen molar-refractivity contribution in [2.24, 2.45) is 0 Å². The summed E-state index contributed by atoms with van der Waals surface area (Å²) in [5.74, 6) is 1.50. The monoisotopic (exact) mass is 813 g/mol. The minimum atomic E-state index is -0.124. The molecule has 8 aromatic carbocycles. The van der Waals surface area contributed by atoms with Gasteiger partial charge in [-0.1, -0.05) is 121 Å². The minimum absolute atomic E-state index is 0.124. The smallest absolute Gasteiger partial charge is 0.266 e. The molecule has 0 saturated carbocycles. The number of benzene rings is 8. The quantitative estimate of drug-likeness (QED) is 0.173. The molecule has 0 fully saturated rings. The molecule has 0 amide bonds. The summed E-state index contributed by atoms with van der Waals surface area (Å²) in [6, 6.07) is 64.6. The summed E-state index contributed by atoms with van der Waals surface area (Å²) in [7, 11) is 0. The lowest BCUT2D eigenvalue weighted by molar-refractivity contribution is 0.953. The van der Waals surface area contributed by atoms with Gasteiger partial charge < -0.3 is 4.57 Å². The summed E-state index contributed by atoms with van der Waals surface area (Å²) in [4.78, 5) is 35.0. The van der Waals surface area contributed by atoms with Gasteiger partial charge in [-0.15, -0.1) is 0 Å². The molecule has 0 unspecified atom stereocenters. The first kappa shape index (κ1) is 34.6. The lowest BCUT2D eigenvalue weighted by atomic mass is 10.0. The van der Waals surface area contributed by atoms with E-state index in [0.29, 0.717) is 27.9 Å². The van der Waals surface area contributed by atoms with Crippen molar-refractivity contribution in [2.75, 3.05) is 0 Å². The molecule has 0 saturated heterocycles. The average molecular weight is 814 g/mol. The minimum Gasteiger partial charge on any atom is -0.309 e. The fraction of sp³-hybridized carbons (Fsp3) is 0. The van der Waals surface area contributed by atoms with E-state index in [1.54, 1.807) is 4.40 Å². The zero-order valence-electron chi connectivity index (χ0n) is 32.8. The molecule has 13 aromatic rings. The first-order valence-electron chi connectivity index (χ1n) is 20.4. The van der Waals surface area contributed by atoms with Crippen LogP contribution in [0.1, 0.15) is 0 Å². The van der Waals surface area contributed by atoms with E-state index in [4.69, 9.17) is 19.9 Å². The van der Waals surface area contributed by atoms with Crippen LogP contribution in [0.25, 0.3) is 115 Å². The third kappa shape index (κ3) is 5.22. The van der Waals surface area contributed by atoms with Crippen LogP contribution in [-0.4, -0.2) is 33.5 Å². The number of nitrogens with zero attached hydrogens (tertiary/aromatic N) is 7. The van der Waals surface area contributed by atoms with Crippen molar-refractivity contribution in [1.29, 1.82) is 0 Å². The Balaban J connectivity index is 0.994. The molecule has 5 aromatic heterocycles. The summed E-state index contributed by atoms with van der Waals surface area (Å²) in [6.45, 7) is 0. The second-order valence-electron chi connectivity index (χ2n) is 15.5. The van der Waals surface area contributed by atoms with E-state index in [1.165, 1.54) is 33.1 Å². The summed E-state index contributed by atoms with van der Waals surface area (Å²) in [5, 5.41) is 5.19. The second-order valence-corrected chi connectivity index (χ2v) is 16.5. The van der Waals surface area contributed by atoms with Gasteiger partial charge in [0.05, 0.1) is 38.5 Å². The highest BCUT2D eigenvalue weighted by atomic mass is 32.1. The van der Waals surface area contributed by atoms with Crippen molar-refractivity contribution in [2.45, 2.75) is 0 Å². The Labute approximate surface area is 356 Å². The summed E-state index contributed by atoms with van der Waals surface area (Å²) in [6.07, 6.45) is 0. The van der Waals surface area contributed by atoms with Crippen molar-refractivity contribution in [3.05, 3.63) is 198 Å². The van der Waals surface area contributed by atoms with E-state index < -0.39 is 0 Å². The van der Waals surface area contributed by atoms with Gasteiger partial charge in [0.15, 0.2) is 16.6 Å². The Morgan fingerprint density at radius 2 is 0.919 bits per heavy atom. The lowest BCUT2D eigenvalue weighted by Crippen LogP contribution is -2.11. The van der Waals surface area contributed by atoms with Gasteiger partial charge in [-0.2, -0.15) is 9.97 Å². The van der Waals surface area contributed by atoms with Crippen molar-refractivity contribution in [3.63, 3.8) is 0 Å². The second kappa shape index (κ2) is 13.4. The molecular weight excluding hydrogens is 783 g/mol. The fourth-order valence-corrected chi connectivity index (χ4v) is 10.1. The predicted octanol–water partition coefficient (Wildman–Crippen LogP) is 12.4. The van der Waals surface area contributed by atoms with Crippen LogP contribution in [0.2, 0.25) is 0 Å². The van der Waals surface area contributed by atoms with Crippen LogP contribution in [-0.2, 0) is 0 Å². The normalized spacial score (nSPS) is 11.9. The molecule has 0 spiro atoms. The van der Waals surface area contributed by atoms with E-state index in [2.05, 4.69) is 124 Å². The molecule has 0 atom stereocenters. The maximum absolute atomic E-state index is 14.2. The average Bonchev–Trinajstić information content (AvgIpc) is 3.99. The van der Waals surface area contributed by atoms with Gasteiger partial charge in [-0.25, -0.2) is 14.4 Å². The molecule has 0 aliphatic carbocycles. The highest BCUT2D eigenvalue weighted by Crippen LogP contribution is 2.38. The summed E-state index contributed by atoms with van der Waals surface area (Å²) >= 11 is 1.49. The van der Waals surface area contributed by atoms with Gasteiger partial charge in [0.1, 0.15) is 0 Å². The highest BCUT2D eigenvalue weighted by molar-refractivity contribution is 7.23. The molecule has 0 aliphatic rings. The van der Waals surface area contributed by atoms with Gasteiger partial charge in [-0.3, -0.25) is 9.36 Å². The molecular formula is C53H31N7OS. The zero-order valence-corrected chi connectivity index (χ0v) is 33.7. The largest absolute Gasteiger partial charge is 0.309 e. The third-order valence-electron chi connectivity index (χ3n) is 12.0. The SMILES string of the molecule is O=c1c2cc(-c3nc(-c4ccccc4)nc(-n4c5ccccc5c5cc(-c6ccc7c(c6)c6ccccc6n7-c6ccccc6)ccc54)n3)ccc2sc2nc3ccccc3n12. The maximum Gasteiger partial charge on any atom is 0.266 e. The summed E-state index contributed by atoms with van der Waals surface area (Å²) < 4.78 is 7.02. The highest BCUT2D eigenvalue weighted by Gasteiger charge is 2.20. The third-order valence-corrected chi connectivity index (χ3v) is 13.0. The molecule has 290 valence electrons. The predicted molar refractivity (Wildman–Crippen MR) is 253 cm³/mol. The van der Waals surface area contributed by atoms with E-state index >= 15 is 0 Å². The van der Waals surface area contributed by atoms with Crippen LogP contribution in [0.5, 0.6) is 0 Å². The van der Waals surface area contributed by atoms with Crippen molar-refractivity contribution in [1.82, 2.24) is 33.5 Å². The Morgan fingerprint density at radius 1 is 0.387 bits per heavy atom. The van der Waals surface area contributed by atoms with Gasteiger partial charge in [0, 0.05) is 43.1 Å². The van der Waals surface area contributed by atoms with E-state index in [-0.39, 0.29) is 5.56 Å². The molecule has 0 radical (unpaired) electrons. The van der Waals surface area contributed by atoms with E-state index in [0.717, 1.165) is 65.5 Å². The Kier molecular flexibility index (Phi) is 7.46. The standard InChI is InChI=1S/C53H31N7OS/c61-51-41-31-35(25-28-48(41)62-53-54-42-19-9-12-22-47(42)60(51)53)50-55-49(32-13-3-1-4-14-32)56-52(57-50)59-44-21-11-8-18-38(44)40-30-34(24-27-46(40)59)33-23-26-45-39(29-33)37-17-7-10-20-43(37)58(45)36-15-5-2-6-16-36/h1-31H. The molecule has 0 N–H and O–H groups in total. The Hall–Kier alpha value is -8.27. The first-order valence-corrected chi connectivity index (χ1v) is 21.2. The Morgan fingerprint density at radius 3 is 1.63 bits per heavy atom. The Bertz CT molecular complexity index is 4020. The lowest BCUT2D eigenvalue weighted by Gasteiger charge is -2.11. The van der Waals surface area contributed by atoms with Crippen molar-refractivity contribution < 1.29 is 0 Å². The number of aromatic nitrogens is 7. The van der Waals surface area contributed by atoms with Gasteiger partial charge >= 0.3 is 0 Å². The number of imidazole rings is 1. The van der Waals surface area contributed by atoms with Crippen LogP contribution >= 0.6 is 11.3 Å². The van der Waals surface area contributed by atoms with Crippen LogP contribution in [0, 0.1) is 0 Å². The number of hydrogen-bond donors (Lipinski definition) is 0. The van der Waals surface area contributed by atoms with Gasteiger partial charge in [0.25, 0.3) is 5.56 Å². The molecule has 5 heterocycles. The molecule has 8 nitrogen and oxygen atoms in total. The molecule has 9 heteroatoms. The summed E-state index contributed by atoms with van der Waals surface area (Å²) in [5.41, 5.74) is 10.7. The van der Waals surface area contributed by atoms with Crippen molar-refractivity contribution in [3.8, 4) is 45.5 Å². The number of para-hydroxylation sites is 5. The van der Waals surface area contributed by atoms with Crippen LogP contribution < -0.4 is 5.56 Å². The van der Waals surface area contributed by atoms with Crippen molar-refractivity contribution >= 4 is 81.0 Å².